The van der Waals surface area contributed by atoms with Crippen LogP contribution in [0.15, 0.2) is 0 Å². The highest BCUT2D eigenvalue weighted by atomic mass is 15.1. The van der Waals surface area contributed by atoms with Crippen molar-refractivity contribution >= 4 is 0 Å². The Bertz CT molecular complexity index is 248. The molecular weight excluding hydrogens is 234 g/mol. The average molecular weight is 267 g/mol. The van der Waals surface area contributed by atoms with Gasteiger partial charge in [-0.3, -0.25) is 0 Å². The summed E-state index contributed by atoms with van der Waals surface area (Å²) in [5.74, 6) is 0.877. The van der Waals surface area contributed by atoms with Gasteiger partial charge in [-0.1, -0.05) is 12.8 Å². The fourth-order valence-corrected chi connectivity index (χ4v) is 3.82. The molecule has 1 saturated carbocycles. The van der Waals surface area contributed by atoms with Gasteiger partial charge in [-0.15, -0.1) is 0 Å². The molecule has 19 heavy (non-hydrogen) atoms. The third-order valence-electron chi connectivity index (χ3n) is 4.94. The molecule has 1 aliphatic heterocycles. The van der Waals surface area contributed by atoms with E-state index in [1.165, 1.54) is 58.0 Å². The summed E-state index contributed by atoms with van der Waals surface area (Å²) in [5, 5.41) is 7.68. The maximum atomic E-state index is 3.91. The van der Waals surface area contributed by atoms with Crippen LogP contribution in [0.2, 0.25) is 0 Å². The maximum Gasteiger partial charge on any atom is 0.0113 e. The summed E-state index contributed by atoms with van der Waals surface area (Å²) in [6, 6.07) is 2.19. The zero-order chi connectivity index (χ0) is 13.7. The standard InChI is InChI=1S/C16H33N3/c1-13(10-12-19(2)3)18-16-9-6-7-14(16)15-8-4-5-11-17-15/h13-18H,4-12H2,1-3H3. The molecule has 0 aromatic carbocycles. The predicted molar refractivity (Wildman–Crippen MR) is 82.5 cm³/mol. The van der Waals surface area contributed by atoms with E-state index in [4.69, 9.17) is 0 Å². The van der Waals surface area contributed by atoms with E-state index in [0.29, 0.717) is 6.04 Å². The highest BCUT2D eigenvalue weighted by Crippen LogP contribution is 2.32. The monoisotopic (exact) mass is 267 g/mol. The number of hydrogen-bond donors (Lipinski definition) is 2. The first-order valence-corrected chi connectivity index (χ1v) is 8.31. The van der Waals surface area contributed by atoms with Crippen molar-refractivity contribution in [3.63, 3.8) is 0 Å². The van der Waals surface area contributed by atoms with E-state index in [0.717, 1.165) is 18.0 Å². The summed E-state index contributed by atoms with van der Waals surface area (Å²) in [5.41, 5.74) is 0. The van der Waals surface area contributed by atoms with E-state index in [1.807, 2.05) is 0 Å². The first-order chi connectivity index (χ1) is 9.16. The first kappa shape index (κ1) is 15.3. The molecule has 0 aromatic rings. The molecule has 0 bridgehead atoms. The van der Waals surface area contributed by atoms with Crippen molar-refractivity contribution in [3.05, 3.63) is 0 Å². The van der Waals surface area contributed by atoms with Crippen molar-refractivity contribution in [3.8, 4) is 0 Å². The minimum Gasteiger partial charge on any atom is -0.314 e. The minimum atomic E-state index is 0.650. The Kier molecular flexibility index (Phi) is 6.11. The van der Waals surface area contributed by atoms with Crippen molar-refractivity contribution in [2.45, 2.75) is 70.0 Å². The lowest BCUT2D eigenvalue weighted by atomic mass is 9.88. The largest absolute Gasteiger partial charge is 0.314 e. The third-order valence-corrected chi connectivity index (χ3v) is 4.94. The van der Waals surface area contributed by atoms with Gasteiger partial charge >= 0.3 is 0 Å². The van der Waals surface area contributed by atoms with Crippen LogP contribution in [-0.2, 0) is 0 Å². The maximum absolute atomic E-state index is 3.91. The van der Waals surface area contributed by atoms with Gasteiger partial charge in [0, 0.05) is 18.1 Å². The highest BCUT2D eigenvalue weighted by molar-refractivity contribution is 4.93. The average Bonchev–Trinajstić information content (AvgIpc) is 2.85. The lowest BCUT2D eigenvalue weighted by molar-refractivity contribution is 0.242. The number of nitrogens with one attached hydrogen (secondary N) is 2. The van der Waals surface area contributed by atoms with Crippen molar-refractivity contribution < 1.29 is 0 Å². The molecule has 2 rings (SSSR count). The van der Waals surface area contributed by atoms with Crippen LogP contribution in [0.1, 0.15) is 51.9 Å². The Morgan fingerprint density at radius 3 is 2.68 bits per heavy atom. The molecule has 3 nitrogen and oxygen atoms in total. The topological polar surface area (TPSA) is 27.3 Å². The highest BCUT2D eigenvalue weighted by Gasteiger charge is 2.34. The van der Waals surface area contributed by atoms with Gasteiger partial charge in [0.2, 0.25) is 0 Å². The third kappa shape index (κ3) is 4.73. The van der Waals surface area contributed by atoms with Crippen LogP contribution in [0.5, 0.6) is 0 Å². The molecule has 0 amide bonds. The number of nitrogens with zero attached hydrogens (tertiary/aromatic N) is 1. The molecule has 112 valence electrons. The Labute approximate surface area is 119 Å². The predicted octanol–water partition coefficient (Wildman–Crippen LogP) is 2.23. The van der Waals surface area contributed by atoms with Crippen LogP contribution in [0.4, 0.5) is 0 Å². The first-order valence-electron chi connectivity index (χ1n) is 8.31. The smallest absolute Gasteiger partial charge is 0.0113 e. The molecule has 1 saturated heterocycles. The fraction of sp³-hybridized carbons (Fsp3) is 1.00. The van der Waals surface area contributed by atoms with Crippen molar-refractivity contribution in [2.24, 2.45) is 5.92 Å². The molecule has 2 N–H and O–H groups in total. The normalized spacial score (nSPS) is 33.8. The van der Waals surface area contributed by atoms with Crippen LogP contribution >= 0.6 is 0 Å². The Morgan fingerprint density at radius 2 is 2.00 bits per heavy atom. The summed E-state index contributed by atoms with van der Waals surface area (Å²) >= 11 is 0. The molecule has 0 spiro atoms. The van der Waals surface area contributed by atoms with Crippen LogP contribution in [0, 0.1) is 5.92 Å². The van der Waals surface area contributed by atoms with E-state index >= 15 is 0 Å². The molecular formula is C16H33N3. The summed E-state index contributed by atoms with van der Waals surface area (Å²) in [7, 11) is 4.33. The minimum absolute atomic E-state index is 0.650. The van der Waals surface area contributed by atoms with Gasteiger partial charge in [0.1, 0.15) is 0 Å². The van der Waals surface area contributed by atoms with Crippen LogP contribution < -0.4 is 10.6 Å². The van der Waals surface area contributed by atoms with E-state index in [1.54, 1.807) is 0 Å². The lowest BCUT2D eigenvalue weighted by Gasteiger charge is -2.34. The van der Waals surface area contributed by atoms with E-state index < -0.39 is 0 Å². The van der Waals surface area contributed by atoms with Gasteiger partial charge in [0.25, 0.3) is 0 Å². The number of hydrogen-bond acceptors (Lipinski definition) is 3. The number of rotatable bonds is 6. The van der Waals surface area contributed by atoms with Gasteiger partial charge in [-0.05, 0) is 72.1 Å². The second kappa shape index (κ2) is 7.61. The van der Waals surface area contributed by atoms with Gasteiger partial charge in [0.05, 0.1) is 0 Å². The van der Waals surface area contributed by atoms with Gasteiger partial charge in [-0.25, -0.2) is 0 Å². The van der Waals surface area contributed by atoms with E-state index in [9.17, 15) is 0 Å². The Hall–Kier alpha value is -0.120. The molecule has 2 fully saturated rings. The summed E-state index contributed by atoms with van der Waals surface area (Å²) in [4.78, 5) is 2.28. The Morgan fingerprint density at radius 1 is 1.16 bits per heavy atom. The van der Waals surface area contributed by atoms with Gasteiger partial charge in [-0.2, -0.15) is 0 Å². The molecule has 0 aromatic heterocycles. The molecule has 3 heteroatoms. The number of piperidine rings is 1. The second-order valence-corrected chi connectivity index (χ2v) is 6.92. The van der Waals surface area contributed by atoms with Gasteiger partial charge in [0.15, 0.2) is 0 Å². The zero-order valence-electron chi connectivity index (χ0n) is 13.1. The lowest BCUT2D eigenvalue weighted by Crippen LogP contribution is -2.49. The van der Waals surface area contributed by atoms with Crippen LogP contribution in [0.3, 0.4) is 0 Å². The Balaban J connectivity index is 1.77. The van der Waals surface area contributed by atoms with Crippen molar-refractivity contribution in [1.29, 1.82) is 0 Å². The zero-order valence-corrected chi connectivity index (χ0v) is 13.1. The van der Waals surface area contributed by atoms with Crippen LogP contribution in [0.25, 0.3) is 0 Å². The fourth-order valence-electron chi connectivity index (χ4n) is 3.82. The molecule has 2 aliphatic rings. The van der Waals surface area contributed by atoms with E-state index in [2.05, 4.69) is 36.6 Å². The van der Waals surface area contributed by atoms with Crippen molar-refractivity contribution in [2.75, 3.05) is 27.2 Å². The van der Waals surface area contributed by atoms with E-state index in [-0.39, 0.29) is 0 Å². The van der Waals surface area contributed by atoms with Crippen molar-refractivity contribution in [1.82, 2.24) is 15.5 Å². The molecule has 1 heterocycles. The summed E-state index contributed by atoms with van der Waals surface area (Å²) in [6.45, 7) is 4.78. The quantitative estimate of drug-likeness (QED) is 0.773. The van der Waals surface area contributed by atoms with Gasteiger partial charge < -0.3 is 15.5 Å². The SMILES string of the molecule is CC(CCN(C)C)NC1CCCC1C1CCCCN1. The second-order valence-electron chi connectivity index (χ2n) is 6.92. The summed E-state index contributed by atoms with van der Waals surface area (Å²) < 4.78 is 0. The molecule has 1 aliphatic carbocycles. The summed E-state index contributed by atoms with van der Waals surface area (Å²) in [6.07, 6.45) is 9.69. The molecule has 4 atom stereocenters. The molecule has 4 unspecified atom stereocenters. The van der Waals surface area contributed by atoms with Crippen LogP contribution in [-0.4, -0.2) is 50.2 Å². The molecule has 0 radical (unpaired) electrons.